The fraction of sp³-hybridized carbons (Fsp3) is 0.231. The van der Waals surface area contributed by atoms with E-state index in [2.05, 4.69) is 20.5 Å². The number of methoxy groups -OCH3 is 1. The molecule has 114 valence electrons. The number of hydrogen-bond acceptors (Lipinski definition) is 6. The smallest absolute Gasteiger partial charge is 0.276 e. The molecule has 0 aliphatic rings. The molecule has 3 rings (SSSR count). The molecule has 0 unspecified atom stereocenters. The maximum absolute atomic E-state index is 12.5. The topological polar surface area (TPSA) is 81.4 Å². The number of carbonyl (C=O) groups is 1. The number of aromatic nitrogens is 4. The van der Waals surface area contributed by atoms with E-state index in [0.29, 0.717) is 38.8 Å². The Morgan fingerprint density at radius 2 is 2.32 bits per heavy atom. The van der Waals surface area contributed by atoms with Crippen LogP contribution in [0.25, 0.3) is 5.65 Å². The highest BCUT2D eigenvalue weighted by Gasteiger charge is 2.18. The summed E-state index contributed by atoms with van der Waals surface area (Å²) in [6.45, 7) is 2.13. The van der Waals surface area contributed by atoms with Crippen molar-refractivity contribution < 1.29 is 9.53 Å². The van der Waals surface area contributed by atoms with Crippen molar-refractivity contribution in [3.63, 3.8) is 0 Å². The number of amides is 1. The van der Waals surface area contributed by atoms with E-state index in [4.69, 9.17) is 16.3 Å². The molecular formula is C13H12ClN5O2S. The summed E-state index contributed by atoms with van der Waals surface area (Å²) in [6.07, 6.45) is 1.71. The minimum Gasteiger partial charge on any atom is -0.377 e. The van der Waals surface area contributed by atoms with E-state index in [1.165, 1.54) is 11.3 Å². The number of hydrogen-bond donors (Lipinski definition) is 1. The van der Waals surface area contributed by atoms with E-state index in [-0.39, 0.29) is 5.91 Å². The van der Waals surface area contributed by atoms with Crippen LogP contribution < -0.4 is 5.32 Å². The van der Waals surface area contributed by atoms with Gasteiger partial charge in [-0.25, -0.2) is 4.98 Å². The van der Waals surface area contributed by atoms with Crippen LogP contribution in [0.5, 0.6) is 0 Å². The molecule has 1 N–H and O–H groups in total. The molecule has 0 aliphatic heterocycles. The normalized spacial score (nSPS) is 11.0. The molecule has 7 nitrogen and oxygen atoms in total. The van der Waals surface area contributed by atoms with Crippen LogP contribution in [0.3, 0.4) is 0 Å². The molecule has 0 aliphatic carbocycles. The molecule has 3 aromatic rings. The van der Waals surface area contributed by atoms with Crippen molar-refractivity contribution in [3.05, 3.63) is 39.7 Å². The summed E-state index contributed by atoms with van der Waals surface area (Å²) in [7, 11) is 1.58. The first-order valence-electron chi connectivity index (χ1n) is 6.35. The lowest BCUT2D eigenvalue weighted by molar-refractivity contribution is 0.102. The van der Waals surface area contributed by atoms with Crippen LogP contribution in [0.15, 0.2) is 18.3 Å². The average Bonchev–Trinajstić information content (AvgIpc) is 3.02. The molecule has 0 spiro atoms. The third-order valence-electron chi connectivity index (χ3n) is 2.93. The summed E-state index contributed by atoms with van der Waals surface area (Å²) in [5.74, 6) is -0.299. The van der Waals surface area contributed by atoms with Crippen LogP contribution >= 0.6 is 22.9 Å². The zero-order valence-electron chi connectivity index (χ0n) is 11.8. The predicted molar refractivity (Wildman–Crippen MR) is 83.5 cm³/mol. The zero-order chi connectivity index (χ0) is 15.7. The highest BCUT2D eigenvalue weighted by molar-refractivity contribution is 7.15. The number of anilines is 1. The molecule has 0 fully saturated rings. The number of pyridine rings is 1. The third kappa shape index (κ3) is 2.80. The number of rotatable bonds is 4. The lowest BCUT2D eigenvalue weighted by Gasteiger charge is -2.02. The molecule has 0 atom stereocenters. The summed E-state index contributed by atoms with van der Waals surface area (Å²) >= 11 is 7.21. The number of aryl methyl sites for hydroxylation is 1. The Balaban J connectivity index is 1.89. The molecule has 3 aromatic heterocycles. The third-order valence-corrected chi connectivity index (χ3v) is 3.98. The first-order chi connectivity index (χ1) is 10.6. The van der Waals surface area contributed by atoms with Crippen molar-refractivity contribution in [2.75, 3.05) is 12.4 Å². The van der Waals surface area contributed by atoms with Crippen LogP contribution in [0, 0.1) is 6.92 Å². The Morgan fingerprint density at radius 1 is 1.50 bits per heavy atom. The quantitative estimate of drug-likeness (QED) is 0.791. The predicted octanol–water partition coefficient (Wildman–Crippen LogP) is 2.55. The number of halogens is 1. The Bertz CT molecular complexity index is 844. The van der Waals surface area contributed by atoms with Crippen LogP contribution in [-0.2, 0) is 11.3 Å². The zero-order valence-corrected chi connectivity index (χ0v) is 13.4. The summed E-state index contributed by atoms with van der Waals surface area (Å²) in [5, 5.41) is 12.2. The van der Waals surface area contributed by atoms with Gasteiger partial charge in [0, 0.05) is 24.4 Å². The fourth-order valence-electron chi connectivity index (χ4n) is 2.05. The molecule has 0 bridgehead atoms. The first kappa shape index (κ1) is 14.9. The monoisotopic (exact) mass is 337 g/mol. The van der Waals surface area contributed by atoms with Crippen molar-refractivity contribution in [2.45, 2.75) is 13.5 Å². The van der Waals surface area contributed by atoms with Gasteiger partial charge in [-0.1, -0.05) is 22.9 Å². The summed E-state index contributed by atoms with van der Waals surface area (Å²) in [6, 6.07) is 3.40. The highest BCUT2D eigenvalue weighted by Crippen LogP contribution is 2.20. The van der Waals surface area contributed by atoms with E-state index >= 15 is 0 Å². The summed E-state index contributed by atoms with van der Waals surface area (Å²) < 4.78 is 6.66. The fourth-order valence-corrected chi connectivity index (χ4v) is 2.91. The van der Waals surface area contributed by atoms with Gasteiger partial charge < -0.3 is 4.74 Å². The van der Waals surface area contributed by atoms with Crippen LogP contribution in [0.1, 0.15) is 21.2 Å². The van der Waals surface area contributed by atoms with Gasteiger partial charge in [0.2, 0.25) is 5.13 Å². The Labute approximate surface area is 134 Å². The van der Waals surface area contributed by atoms with Crippen molar-refractivity contribution in [3.8, 4) is 0 Å². The van der Waals surface area contributed by atoms with Gasteiger partial charge in [-0.15, -0.1) is 10.2 Å². The van der Waals surface area contributed by atoms with Gasteiger partial charge in [0.15, 0.2) is 0 Å². The Kier molecular flexibility index (Phi) is 4.06. The van der Waals surface area contributed by atoms with Crippen LogP contribution in [0.2, 0.25) is 5.02 Å². The maximum Gasteiger partial charge on any atom is 0.276 e. The lowest BCUT2D eigenvalue weighted by Crippen LogP contribution is -2.15. The molecule has 0 radical (unpaired) electrons. The Morgan fingerprint density at radius 3 is 3.09 bits per heavy atom. The molecule has 1 amide bonds. The SMILES string of the molecule is COCc1nnc(NC(=O)c2c(C)nc3cc(Cl)ccn23)s1. The molecule has 0 aromatic carbocycles. The van der Waals surface area contributed by atoms with Crippen LogP contribution in [0.4, 0.5) is 5.13 Å². The Hall–Kier alpha value is -2.03. The number of carbonyl (C=O) groups excluding carboxylic acids is 1. The number of nitrogens with one attached hydrogen (secondary N) is 1. The largest absolute Gasteiger partial charge is 0.377 e. The standard InChI is InChI=1S/C13H12ClN5O2S/c1-7-11(19-4-3-8(14)5-9(19)15-7)12(20)16-13-18-17-10(22-13)6-21-2/h3-5H,6H2,1-2H3,(H,16,18,20). The van der Waals surface area contributed by atoms with Gasteiger partial charge in [0.05, 0.1) is 5.69 Å². The second kappa shape index (κ2) is 5.99. The number of ether oxygens (including phenoxy) is 1. The number of fused-ring (bicyclic) bond motifs is 1. The van der Waals surface area contributed by atoms with Gasteiger partial charge in [-0.05, 0) is 13.0 Å². The van der Waals surface area contributed by atoms with Gasteiger partial charge in [0.25, 0.3) is 5.91 Å². The summed E-state index contributed by atoms with van der Waals surface area (Å²) in [5.41, 5.74) is 1.67. The van der Waals surface area contributed by atoms with Crippen molar-refractivity contribution in [1.82, 2.24) is 19.6 Å². The maximum atomic E-state index is 12.5. The number of nitrogens with zero attached hydrogens (tertiary/aromatic N) is 4. The van der Waals surface area contributed by atoms with Crippen LogP contribution in [-0.4, -0.2) is 32.6 Å². The minimum atomic E-state index is -0.299. The first-order valence-corrected chi connectivity index (χ1v) is 7.55. The molecule has 9 heteroatoms. The molecular weight excluding hydrogens is 326 g/mol. The second-order valence-corrected chi connectivity index (χ2v) is 6.01. The second-order valence-electron chi connectivity index (χ2n) is 4.51. The molecule has 0 saturated carbocycles. The minimum absolute atomic E-state index is 0.299. The van der Waals surface area contributed by atoms with Gasteiger partial charge in [-0.3, -0.25) is 14.5 Å². The van der Waals surface area contributed by atoms with E-state index in [9.17, 15) is 4.79 Å². The number of imidazole rings is 1. The molecule has 3 heterocycles. The van der Waals surface area contributed by atoms with Crippen molar-refractivity contribution in [1.29, 1.82) is 0 Å². The van der Waals surface area contributed by atoms with Crippen molar-refractivity contribution >= 4 is 39.6 Å². The average molecular weight is 338 g/mol. The van der Waals surface area contributed by atoms with E-state index in [1.807, 2.05) is 0 Å². The van der Waals surface area contributed by atoms with Gasteiger partial charge in [0.1, 0.15) is 23.0 Å². The van der Waals surface area contributed by atoms with Gasteiger partial charge in [-0.2, -0.15) is 0 Å². The highest BCUT2D eigenvalue weighted by atomic mass is 35.5. The van der Waals surface area contributed by atoms with E-state index in [0.717, 1.165) is 0 Å². The van der Waals surface area contributed by atoms with E-state index in [1.54, 1.807) is 36.8 Å². The lowest BCUT2D eigenvalue weighted by atomic mass is 10.3. The van der Waals surface area contributed by atoms with E-state index < -0.39 is 0 Å². The molecule has 0 saturated heterocycles. The molecule has 22 heavy (non-hydrogen) atoms. The summed E-state index contributed by atoms with van der Waals surface area (Å²) in [4.78, 5) is 16.8. The van der Waals surface area contributed by atoms with Crippen molar-refractivity contribution in [2.24, 2.45) is 0 Å². The van der Waals surface area contributed by atoms with Gasteiger partial charge >= 0.3 is 0 Å².